The molecular formula is C37H47ClO5. The molecule has 0 N–H and O–H groups in total. The van der Waals surface area contributed by atoms with E-state index in [0.29, 0.717) is 12.2 Å². The van der Waals surface area contributed by atoms with E-state index >= 15 is 0 Å². The van der Waals surface area contributed by atoms with Gasteiger partial charge in [-0.3, -0.25) is 0 Å². The molecule has 0 spiro atoms. The van der Waals surface area contributed by atoms with Gasteiger partial charge in [0.2, 0.25) is 0 Å². The molecule has 0 amide bonds. The summed E-state index contributed by atoms with van der Waals surface area (Å²) in [6.07, 6.45) is 14.0. The predicted molar refractivity (Wildman–Crippen MR) is 175 cm³/mol. The number of carbonyl (C=O) groups excluding carboxylic acids is 2. The molecule has 3 aromatic carbocycles. The lowest BCUT2D eigenvalue weighted by molar-refractivity contribution is 0.0447. The molecule has 6 heteroatoms. The van der Waals surface area contributed by atoms with Gasteiger partial charge in [-0.25, -0.2) is 9.59 Å². The van der Waals surface area contributed by atoms with Crippen molar-refractivity contribution in [1.29, 1.82) is 0 Å². The van der Waals surface area contributed by atoms with Crippen LogP contribution in [-0.4, -0.2) is 25.2 Å². The van der Waals surface area contributed by atoms with E-state index < -0.39 is 11.9 Å². The van der Waals surface area contributed by atoms with Crippen molar-refractivity contribution in [2.75, 3.05) is 13.2 Å². The van der Waals surface area contributed by atoms with Crippen molar-refractivity contribution in [3.05, 3.63) is 82.9 Å². The largest absolute Gasteiger partial charge is 0.494 e. The summed E-state index contributed by atoms with van der Waals surface area (Å²) in [7, 11) is 0. The van der Waals surface area contributed by atoms with Crippen LogP contribution in [0.2, 0.25) is 5.02 Å². The topological polar surface area (TPSA) is 61.8 Å². The molecule has 3 aromatic rings. The summed E-state index contributed by atoms with van der Waals surface area (Å²) in [6.45, 7) is 7.37. The minimum Gasteiger partial charge on any atom is -0.494 e. The molecule has 1 atom stereocenters. The quantitative estimate of drug-likeness (QED) is 0.0771. The van der Waals surface area contributed by atoms with Crippen LogP contribution >= 0.6 is 11.6 Å². The Kier molecular flexibility index (Phi) is 15.2. The Hall–Kier alpha value is -3.31. The first-order chi connectivity index (χ1) is 20.9. The molecule has 232 valence electrons. The number of rotatable bonds is 19. The van der Waals surface area contributed by atoms with Crippen molar-refractivity contribution in [3.63, 3.8) is 0 Å². The molecule has 0 aliphatic heterocycles. The fourth-order valence-electron chi connectivity index (χ4n) is 4.63. The van der Waals surface area contributed by atoms with Crippen LogP contribution < -0.4 is 9.47 Å². The second-order valence-corrected chi connectivity index (χ2v) is 11.7. The van der Waals surface area contributed by atoms with Crippen LogP contribution in [0.15, 0.2) is 66.7 Å². The third kappa shape index (κ3) is 12.1. The molecule has 1 unspecified atom stereocenters. The highest BCUT2D eigenvalue weighted by Gasteiger charge is 2.16. The maximum atomic E-state index is 12.7. The van der Waals surface area contributed by atoms with Gasteiger partial charge in [-0.1, -0.05) is 121 Å². The van der Waals surface area contributed by atoms with Gasteiger partial charge in [-0.15, -0.1) is 0 Å². The average Bonchev–Trinajstić information content (AvgIpc) is 3.02. The molecule has 5 nitrogen and oxygen atoms in total. The summed E-state index contributed by atoms with van der Waals surface area (Å²) in [5.41, 5.74) is 2.67. The summed E-state index contributed by atoms with van der Waals surface area (Å²) < 4.78 is 16.7. The van der Waals surface area contributed by atoms with Crippen molar-refractivity contribution >= 4 is 23.5 Å². The van der Waals surface area contributed by atoms with E-state index in [-0.39, 0.29) is 22.3 Å². The summed E-state index contributed by atoms with van der Waals surface area (Å²) >= 11 is 6.28. The summed E-state index contributed by atoms with van der Waals surface area (Å²) in [6, 6.07) is 19.8. The van der Waals surface area contributed by atoms with E-state index in [9.17, 15) is 9.59 Å². The molecule has 0 aliphatic rings. The van der Waals surface area contributed by atoms with Gasteiger partial charge in [0.05, 0.1) is 29.4 Å². The lowest BCUT2D eigenvalue weighted by Crippen LogP contribution is -2.12. The number of unbranched alkanes of at least 4 members (excludes halogenated alkanes) is 9. The van der Waals surface area contributed by atoms with E-state index in [0.717, 1.165) is 36.3 Å². The van der Waals surface area contributed by atoms with Gasteiger partial charge in [-0.2, -0.15) is 0 Å². The van der Waals surface area contributed by atoms with E-state index in [1.54, 1.807) is 12.1 Å². The Morgan fingerprint density at radius 3 is 1.84 bits per heavy atom. The molecule has 43 heavy (non-hydrogen) atoms. The third-order valence-corrected chi connectivity index (χ3v) is 7.95. The monoisotopic (exact) mass is 606 g/mol. The number of carbonyl (C=O) groups is 2. The highest BCUT2D eigenvalue weighted by Crippen LogP contribution is 2.26. The molecule has 0 bridgehead atoms. The Labute approximate surface area is 262 Å². The first-order valence-electron chi connectivity index (χ1n) is 15.9. The van der Waals surface area contributed by atoms with Crippen LogP contribution in [0.4, 0.5) is 0 Å². The van der Waals surface area contributed by atoms with Crippen LogP contribution in [0.1, 0.15) is 112 Å². The van der Waals surface area contributed by atoms with Gasteiger partial charge in [0.15, 0.2) is 0 Å². The SMILES string of the molecule is CCCCCCCCCCCCOc1ccc(-c2ccc(C(=O)Oc3ccc(C(=O)OCC(C)CC)c(Cl)c3)cc2)cc1. The predicted octanol–water partition coefficient (Wildman–Crippen LogP) is 10.7. The Balaban J connectivity index is 1.41. The van der Waals surface area contributed by atoms with E-state index in [1.807, 2.05) is 50.2 Å². The fraction of sp³-hybridized carbons (Fsp3) is 0.459. The second kappa shape index (κ2) is 19.1. The van der Waals surface area contributed by atoms with Crippen LogP contribution in [0.5, 0.6) is 11.5 Å². The maximum Gasteiger partial charge on any atom is 0.343 e. The standard InChI is InChI=1S/C37H47ClO5/c1-4-6-7-8-9-10-11-12-13-14-25-41-32-21-19-30(20-22-32)29-15-17-31(18-16-29)36(39)43-33-23-24-34(35(38)26-33)37(40)42-27-28(3)5-2/h15-24,26,28H,4-14,25,27H2,1-3H3. The summed E-state index contributed by atoms with van der Waals surface area (Å²) in [5, 5.41) is 0.172. The number of ether oxygens (including phenoxy) is 3. The van der Waals surface area contributed by atoms with Crippen LogP contribution in [0.3, 0.4) is 0 Å². The lowest BCUT2D eigenvalue weighted by Gasteiger charge is -2.11. The first-order valence-corrected chi connectivity index (χ1v) is 16.3. The van der Waals surface area contributed by atoms with Crippen molar-refractivity contribution in [2.24, 2.45) is 5.92 Å². The number of halogens is 1. The maximum absolute atomic E-state index is 12.7. The van der Waals surface area contributed by atoms with Crippen molar-refractivity contribution in [2.45, 2.75) is 91.4 Å². The molecule has 0 fully saturated rings. The Morgan fingerprint density at radius 2 is 1.26 bits per heavy atom. The lowest BCUT2D eigenvalue weighted by atomic mass is 10.0. The first kappa shape index (κ1) is 34.2. The van der Waals surface area contributed by atoms with Gasteiger partial charge >= 0.3 is 11.9 Å². The van der Waals surface area contributed by atoms with E-state index in [2.05, 4.69) is 6.92 Å². The van der Waals surface area contributed by atoms with Crippen LogP contribution in [-0.2, 0) is 4.74 Å². The zero-order valence-corrected chi connectivity index (χ0v) is 26.8. The normalized spacial score (nSPS) is 11.6. The second-order valence-electron chi connectivity index (χ2n) is 11.3. The van der Waals surface area contributed by atoms with Crippen LogP contribution in [0, 0.1) is 5.92 Å². The van der Waals surface area contributed by atoms with Gasteiger partial charge in [0.25, 0.3) is 0 Å². The van der Waals surface area contributed by atoms with E-state index in [1.165, 1.54) is 76.0 Å². The number of esters is 2. The molecule has 0 saturated carbocycles. The van der Waals surface area contributed by atoms with Crippen molar-refractivity contribution in [3.8, 4) is 22.6 Å². The molecule has 0 aliphatic carbocycles. The minimum absolute atomic E-state index is 0.172. The zero-order valence-electron chi connectivity index (χ0n) is 26.0. The van der Waals surface area contributed by atoms with Crippen molar-refractivity contribution in [1.82, 2.24) is 0 Å². The zero-order chi connectivity index (χ0) is 30.9. The number of hydrogen-bond acceptors (Lipinski definition) is 5. The Morgan fingerprint density at radius 1 is 0.698 bits per heavy atom. The molecular weight excluding hydrogens is 560 g/mol. The highest BCUT2D eigenvalue weighted by molar-refractivity contribution is 6.33. The van der Waals surface area contributed by atoms with Gasteiger partial charge in [-0.05, 0) is 59.9 Å². The molecule has 0 radical (unpaired) electrons. The van der Waals surface area contributed by atoms with E-state index in [4.69, 9.17) is 25.8 Å². The molecule has 3 rings (SSSR count). The smallest absolute Gasteiger partial charge is 0.343 e. The minimum atomic E-state index is -0.509. The molecule has 0 heterocycles. The van der Waals surface area contributed by atoms with Gasteiger partial charge in [0, 0.05) is 6.07 Å². The number of hydrogen-bond donors (Lipinski definition) is 0. The van der Waals surface area contributed by atoms with Crippen LogP contribution in [0.25, 0.3) is 11.1 Å². The highest BCUT2D eigenvalue weighted by atomic mass is 35.5. The number of benzene rings is 3. The van der Waals surface area contributed by atoms with Gasteiger partial charge in [0.1, 0.15) is 11.5 Å². The average molecular weight is 607 g/mol. The fourth-order valence-corrected chi connectivity index (χ4v) is 4.87. The Bertz CT molecular complexity index is 1250. The summed E-state index contributed by atoms with van der Waals surface area (Å²) in [4.78, 5) is 25.0. The van der Waals surface area contributed by atoms with Gasteiger partial charge < -0.3 is 14.2 Å². The van der Waals surface area contributed by atoms with Crippen molar-refractivity contribution < 1.29 is 23.8 Å². The summed E-state index contributed by atoms with van der Waals surface area (Å²) in [5.74, 6) is 0.393. The molecule has 0 aromatic heterocycles. The third-order valence-electron chi connectivity index (χ3n) is 7.64. The molecule has 0 saturated heterocycles.